The van der Waals surface area contributed by atoms with Crippen LogP contribution >= 0.6 is 23.1 Å². The monoisotopic (exact) mass is 401 g/mol. The van der Waals surface area contributed by atoms with Gasteiger partial charge in [0.1, 0.15) is 4.83 Å². The highest BCUT2D eigenvalue weighted by Crippen LogP contribution is 2.28. The van der Waals surface area contributed by atoms with Crippen molar-refractivity contribution in [2.24, 2.45) is 0 Å². The molecule has 0 saturated heterocycles. The van der Waals surface area contributed by atoms with Crippen molar-refractivity contribution in [2.45, 2.75) is 45.8 Å². The van der Waals surface area contributed by atoms with E-state index >= 15 is 0 Å². The highest BCUT2D eigenvalue weighted by Gasteiger charge is 2.16. The number of aromatic nitrogens is 2. The molecule has 7 heteroatoms. The Kier molecular flexibility index (Phi) is 6.01. The number of nitrogens with one attached hydrogen (secondary N) is 1. The Hall–Kier alpha value is -2.12. The van der Waals surface area contributed by atoms with Crippen LogP contribution in [0.4, 0.5) is 5.69 Å². The zero-order chi connectivity index (χ0) is 19.6. The SMILES string of the molecule is CCc1ccc(NC(=O)CSc2nc3sc(C)c(C)c3c(=O)n2CC)cc1. The summed E-state index contributed by atoms with van der Waals surface area (Å²) in [4.78, 5) is 31.6. The molecule has 1 N–H and O–H groups in total. The maximum atomic E-state index is 12.8. The molecule has 142 valence electrons. The lowest BCUT2D eigenvalue weighted by Crippen LogP contribution is -2.23. The summed E-state index contributed by atoms with van der Waals surface area (Å²) in [7, 11) is 0. The first-order valence-electron chi connectivity index (χ1n) is 8.96. The molecule has 0 atom stereocenters. The Morgan fingerprint density at radius 1 is 1.22 bits per heavy atom. The minimum atomic E-state index is -0.111. The van der Waals surface area contributed by atoms with Crippen LogP contribution < -0.4 is 10.9 Å². The highest BCUT2D eigenvalue weighted by molar-refractivity contribution is 7.99. The number of thioether (sulfide) groups is 1. The number of rotatable bonds is 6. The molecule has 0 fully saturated rings. The summed E-state index contributed by atoms with van der Waals surface area (Å²) in [6.07, 6.45) is 0.967. The van der Waals surface area contributed by atoms with E-state index < -0.39 is 0 Å². The van der Waals surface area contributed by atoms with Crippen LogP contribution in [0.5, 0.6) is 0 Å². The second kappa shape index (κ2) is 8.27. The molecule has 1 aromatic carbocycles. The van der Waals surface area contributed by atoms with Crippen molar-refractivity contribution in [1.29, 1.82) is 0 Å². The van der Waals surface area contributed by atoms with Gasteiger partial charge >= 0.3 is 0 Å². The van der Waals surface area contributed by atoms with Gasteiger partial charge in [0.05, 0.1) is 11.1 Å². The number of hydrogen-bond donors (Lipinski definition) is 1. The smallest absolute Gasteiger partial charge is 0.263 e. The zero-order valence-electron chi connectivity index (χ0n) is 16.0. The van der Waals surface area contributed by atoms with Crippen molar-refractivity contribution in [3.8, 4) is 0 Å². The van der Waals surface area contributed by atoms with Gasteiger partial charge in [-0.25, -0.2) is 4.98 Å². The summed E-state index contributed by atoms with van der Waals surface area (Å²) in [6.45, 7) is 8.50. The molecule has 5 nitrogen and oxygen atoms in total. The molecule has 0 saturated carbocycles. The minimum Gasteiger partial charge on any atom is -0.325 e. The number of amides is 1. The van der Waals surface area contributed by atoms with Crippen LogP contribution in [0.25, 0.3) is 10.2 Å². The van der Waals surface area contributed by atoms with E-state index in [4.69, 9.17) is 0 Å². The second-order valence-corrected chi connectivity index (χ2v) is 8.44. The lowest BCUT2D eigenvalue weighted by molar-refractivity contribution is -0.113. The first-order chi connectivity index (χ1) is 12.9. The third-order valence-electron chi connectivity index (χ3n) is 4.55. The fourth-order valence-corrected chi connectivity index (χ4v) is 4.78. The molecular weight excluding hydrogens is 378 g/mol. The zero-order valence-corrected chi connectivity index (χ0v) is 17.6. The van der Waals surface area contributed by atoms with Crippen LogP contribution in [0, 0.1) is 13.8 Å². The van der Waals surface area contributed by atoms with Gasteiger partial charge in [0.2, 0.25) is 5.91 Å². The van der Waals surface area contributed by atoms with E-state index in [9.17, 15) is 9.59 Å². The van der Waals surface area contributed by atoms with Gasteiger partial charge in [-0.05, 0) is 50.5 Å². The third kappa shape index (κ3) is 4.09. The molecule has 2 heterocycles. The van der Waals surface area contributed by atoms with Gasteiger partial charge in [0, 0.05) is 17.1 Å². The average molecular weight is 402 g/mol. The predicted molar refractivity (Wildman–Crippen MR) is 114 cm³/mol. The number of hydrogen-bond acceptors (Lipinski definition) is 5. The van der Waals surface area contributed by atoms with Gasteiger partial charge < -0.3 is 5.32 Å². The predicted octanol–water partition coefficient (Wildman–Crippen LogP) is 4.39. The normalized spacial score (nSPS) is 11.1. The summed E-state index contributed by atoms with van der Waals surface area (Å²) < 4.78 is 1.65. The first kappa shape index (κ1) is 19.6. The summed E-state index contributed by atoms with van der Waals surface area (Å²) in [5, 5.41) is 4.18. The molecule has 0 aliphatic heterocycles. The number of anilines is 1. The molecule has 0 unspecified atom stereocenters. The van der Waals surface area contributed by atoms with E-state index in [-0.39, 0.29) is 17.2 Å². The highest BCUT2D eigenvalue weighted by atomic mass is 32.2. The maximum Gasteiger partial charge on any atom is 0.263 e. The van der Waals surface area contributed by atoms with Crippen LogP contribution in [0.1, 0.15) is 29.9 Å². The summed E-state index contributed by atoms with van der Waals surface area (Å²) in [5.41, 5.74) is 2.98. The molecule has 0 spiro atoms. The van der Waals surface area contributed by atoms with E-state index in [1.807, 2.05) is 45.0 Å². The van der Waals surface area contributed by atoms with Crippen LogP contribution in [-0.4, -0.2) is 21.2 Å². The Balaban J connectivity index is 1.77. The Morgan fingerprint density at radius 3 is 2.56 bits per heavy atom. The van der Waals surface area contributed by atoms with Crippen LogP contribution in [0.15, 0.2) is 34.2 Å². The summed E-state index contributed by atoms with van der Waals surface area (Å²) in [5.74, 6) is 0.0939. The van der Waals surface area contributed by atoms with Crippen molar-refractivity contribution in [3.05, 3.63) is 50.6 Å². The van der Waals surface area contributed by atoms with Crippen molar-refractivity contribution >= 4 is 44.9 Å². The van der Waals surface area contributed by atoms with Crippen LogP contribution in [-0.2, 0) is 17.8 Å². The van der Waals surface area contributed by atoms with Gasteiger partial charge in [-0.15, -0.1) is 11.3 Å². The lowest BCUT2D eigenvalue weighted by atomic mass is 10.1. The molecule has 0 radical (unpaired) electrons. The molecule has 2 aromatic heterocycles. The number of benzene rings is 1. The molecule has 0 aliphatic rings. The van der Waals surface area contributed by atoms with Gasteiger partial charge in [-0.2, -0.15) is 0 Å². The molecule has 27 heavy (non-hydrogen) atoms. The van der Waals surface area contributed by atoms with E-state index in [0.717, 1.165) is 27.4 Å². The fourth-order valence-electron chi connectivity index (χ4n) is 2.85. The van der Waals surface area contributed by atoms with Crippen LogP contribution in [0.3, 0.4) is 0 Å². The first-order valence-corrected chi connectivity index (χ1v) is 10.8. The van der Waals surface area contributed by atoms with Crippen LogP contribution in [0.2, 0.25) is 0 Å². The minimum absolute atomic E-state index is 0.0255. The maximum absolute atomic E-state index is 12.8. The average Bonchev–Trinajstić information content (AvgIpc) is 2.95. The van der Waals surface area contributed by atoms with Crippen molar-refractivity contribution in [1.82, 2.24) is 9.55 Å². The Morgan fingerprint density at radius 2 is 1.93 bits per heavy atom. The number of nitrogens with zero attached hydrogens (tertiary/aromatic N) is 2. The Labute approximate surface area is 166 Å². The molecule has 1 amide bonds. The van der Waals surface area contributed by atoms with Crippen molar-refractivity contribution in [2.75, 3.05) is 11.1 Å². The largest absolute Gasteiger partial charge is 0.325 e. The van der Waals surface area contributed by atoms with E-state index in [1.165, 1.54) is 28.7 Å². The number of carbonyl (C=O) groups excluding carboxylic acids is 1. The second-order valence-electron chi connectivity index (χ2n) is 6.29. The number of aryl methyl sites for hydroxylation is 3. The van der Waals surface area contributed by atoms with Crippen molar-refractivity contribution < 1.29 is 4.79 Å². The fraction of sp³-hybridized carbons (Fsp3) is 0.350. The molecule has 0 bridgehead atoms. The van der Waals surface area contributed by atoms with Gasteiger partial charge in [-0.3, -0.25) is 14.2 Å². The quantitative estimate of drug-likeness (QED) is 0.491. The lowest BCUT2D eigenvalue weighted by Gasteiger charge is -2.10. The third-order valence-corrected chi connectivity index (χ3v) is 6.63. The summed E-state index contributed by atoms with van der Waals surface area (Å²) >= 11 is 2.83. The van der Waals surface area contributed by atoms with Crippen molar-refractivity contribution in [3.63, 3.8) is 0 Å². The summed E-state index contributed by atoms with van der Waals surface area (Å²) in [6, 6.07) is 7.83. The van der Waals surface area contributed by atoms with Gasteiger partial charge in [-0.1, -0.05) is 30.8 Å². The molecule has 0 aliphatic carbocycles. The van der Waals surface area contributed by atoms with E-state index in [1.54, 1.807) is 4.57 Å². The Bertz CT molecular complexity index is 1040. The molecular formula is C20H23N3O2S2. The van der Waals surface area contributed by atoms with E-state index in [2.05, 4.69) is 17.2 Å². The number of thiophene rings is 1. The standard InChI is InChI=1S/C20H23N3O2S2/c1-5-14-7-9-15(10-8-14)21-16(24)11-26-20-22-18-17(12(3)13(4)27-18)19(25)23(20)6-2/h7-10H,5-6,11H2,1-4H3,(H,21,24). The van der Waals surface area contributed by atoms with Gasteiger partial charge in [0.25, 0.3) is 5.56 Å². The molecule has 3 rings (SSSR count). The molecule has 3 aromatic rings. The number of carbonyl (C=O) groups is 1. The van der Waals surface area contributed by atoms with Gasteiger partial charge in [0.15, 0.2) is 5.16 Å². The topological polar surface area (TPSA) is 64.0 Å². The number of fused-ring (bicyclic) bond motifs is 1. The van der Waals surface area contributed by atoms with E-state index in [0.29, 0.717) is 17.1 Å².